The van der Waals surface area contributed by atoms with Gasteiger partial charge in [-0.25, -0.2) is 0 Å². The van der Waals surface area contributed by atoms with E-state index in [-0.39, 0.29) is 29.9 Å². The highest BCUT2D eigenvalue weighted by Gasteiger charge is 2.25. The van der Waals surface area contributed by atoms with Gasteiger partial charge in [0.25, 0.3) is 5.91 Å². The van der Waals surface area contributed by atoms with Gasteiger partial charge >= 0.3 is 0 Å². The van der Waals surface area contributed by atoms with Crippen LogP contribution in [0.25, 0.3) is 0 Å². The summed E-state index contributed by atoms with van der Waals surface area (Å²) >= 11 is 0. The Hall–Kier alpha value is -2.23. The second-order valence-electron chi connectivity index (χ2n) is 8.15. The number of carbonyl (C=O) groups is 1. The zero-order valence-corrected chi connectivity index (χ0v) is 21.0. The van der Waals surface area contributed by atoms with Gasteiger partial charge < -0.3 is 24.3 Å². The monoisotopic (exact) mass is 552 g/mol. The summed E-state index contributed by atoms with van der Waals surface area (Å²) in [5.41, 5.74) is 1.27. The van der Waals surface area contributed by atoms with Crippen molar-refractivity contribution >= 4 is 35.8 Å². The predicted octanol–water partition coefficient (Wildman–Crippen LogP) is 3.79. The Morgan fingerprint density at radius 2 is 1.78 bits per heavy atom. The van der Waals surface area contributed by atoms with Crippen LogP contribution in [0.4, 0.5) is 0 Å². The molecule has 2 aromatic rings. The first kappa shape index (κ1) is 24.4. The van der Waals surface area contributed by atoms with E-state index in [1.165, 1.54) is 37.5 Å². The molecule has 4 rings (SSSR count). The number of ether oxygens (including phenoxy) is 1. The largest absolute Gasteiger partial charge is 0.490 e. The number of aliphatic imine (C=N–C) groups is 1. The minimum atomic E-state index is -0.0482. The van der Waals surface area contributed by atoms with Gasteiger partial charge in [-0.05, 0) is 61.9 Å². The van der Waals surface area contributed by atoms with E-state index in [2.05, 4.69) is 39.5 Å². The normalized spacial score (nSPS) is 17.2. The molecule has 1 saturated heterocycles. The Labute approximate surface area is 207 Å². The van der Waals surface area contributed by atoms with Crippen LogP contribution in [-0.2, 0) is 6.42 Å². The Balaban J connectivity index is 0.00000289. The highest BCUT2D eigenvalue weighted by molar-refractivity contribution is 14.0. The fraction of sp³-hybridized carbons (Fsp3) is 0.500. The summed E-state index contributed by atoms with van der Waals surface area (Å²) in [4.78, 5) is 20.9. The quantitative estimate of drug-likeness (QED) is 0.336. The highest BCUT2D eigenvalue weighted by Crippen LogP contribution is 2.24. The van der Waals surface area contributed by atoms with Gasteiger partial charge in [-0.2, -0.15) is 0 Å². The molecule has 0 unspecified atom stereocenters. The first-order chi connectivity index (χ1) is 15.2. The molecule has 8 heteroatoms. The first-order valence-electron chi connectivity index (χ1n) is 11.3. The fourth-order valence-corrected chi connectivity index (χ4v) is 4.26. The van der Waals surface area contributed by atoms with E-state index in [9.17, 15) is 4.79 Å². The van der Waals surface area contributed by atoms with Crippen LogP contribution in [-0.4, -0.2) is 67.5 Å². The van der Waals surface area contributed by atoms with Crippen LogP contribution >= 0.6 is 24.0 Å². The third-order valence-corrected chi connectivity index (χ3v) is 6.04. The van der Waals surface area contributed by atoms with Gasteiger partial charge in [0.1, 0.15) is 5.75 Å². The van der Waals surface area contributed by atoms with Gasteiger partial charge in [-0.15, -0.1) is 24.0 Å². The van der Waals surface area contributed by atoms with Crippen molar-refractivity contribution in [2.75, 3.05) is 39.8 Å². The lowest BCUT2D eigenvalue weighted by molar-refractivity contribution is 0.0658. The van der Waals surface area contributed by atoms with E-state index < -0.39 is 0 Å². The Morgan fingerprint density at radius 3 is 2.41 bits per heavy atom. The summed E-state index contributed by atoms with van der Waals surface area (Å²) in [5.74, 6) is 2.20. The number of amides is 1. The third kappa shape index (κ3) is 6.40. The molecule has 1 saturated carbocycles. The lowest BCUT2D eigenvalue weighted by Crippen LogP contribution is -2.53. The molecule has 2 aliphatic rings. The van der Waals surface area contributed by atoms with Crippen LogP contribution in [0.15, 0.2) is 52.1 Å². The molecule has 0 bridgehead atoms. The fourth-order valence-electron chi connectivity index (χ4n) is 4.26. The van der Waals surface area contributed by atoms with Crippen LogP contribution in [0.3, 0.4) is 0 Å². The van der Waals surface area contributed by atoms with Crippen LogP contribution < -0.4 is 10.1 Å². The number of furan rings is 1. The smallest absolute Gasteiger partial charge is 0.289 e. The van der Waals surface area contributed by atoms with Crippen molar-refractivity contribution in [1.82, 2.24) is 15.1 Å². The van der Waals surface area contributed by atoms with E-state index in [0.29, 0.717) is 25.0 Å². The van der Waals surface area contributed by atoms with Crippen molar-refractivity contribution in [2.45, 2.75) is 38.2 Å². The van der Waals surface area contributed by atoms with Crippen LogP contribution in [0.1, 0.15) is 41.8 Å². The summed E-state index contributed by atoms with van der Waals surface area (Å²) in [6, 6.07) is 11.9. The predicted molar refractivity (Wildman–Crippen MR) is 136 cm³/mol. The maximum Gasteiger partial charge on any atom is 0.289 e. The molecule has 174 valence electrons. The SMILES string of the molecule is CN=C(NCCc1ccc(OC2CCCC2)cc1)N1CCN(C(=O)c2ccco2)CC1.I. The number of halogens is 1. The van der Waals surface area contributed by atoms with Gasteiger partial charge in [-0.1, -0.05) is 12.1 Å². The van der Waals surface area contributed by atoms with Gasteiger partial charge in [-0.3, -0.25) is 9.79 Å². The van der Waals surface area contributed by atoms with Crippen molar-refractivity contribution in [3.8, 4) is 5.75 Å². The molecule has 1 aliphatic heterocycles. The minimum absolute atomic E-state index is 0. The zero-order valence-electron chi connectivity index (χ0n) is 18.7. The second kappa shape index (κ2) is 12.1. The maximum atomic E-state index is 12.4. The van der Waals surface area contributed by atoms with Crippen molar-refractivity contribution < 1.29 is 13.9 Å². The lowest BCUT2D eigenvalue weighted by atomic mass is 10.1. The molecule has 0 atom stereocenters. The minimum Gasteiger partial charge on any atom is -0.490 e. The number of carbonyl (C=O) groups excluding carboxylic acids is 1. The van der Waals surface area contributed by atoms with Crippen LogP contribution in [0.2, 0.25) is 0 Å². The number of piperazine rings is 1. The van der Waals surface area contributed by atoms with E-state index in [0.717, 1.165) is 37.8 Å². The van der Waals surface area contributed by atoms with E-state index in [1.807, 2.05) is 4.90 Å². The number of nitrogens with zero attached hydrogens (tertiary/aromatic N) is 3. The molecule has 1 aromatic heterocycles. The molecule has 1 aromatic carbocycles. The standard InChI is InChI=1S/C24H32N4O3.HI/c1-25-24(28-16-14-27(15-17-28)23(29)22-7-4-18-30-22)26-13-12-19-8-10-21(11-9-19)31-20-5-2-3-6-20;/h4,7-11,18,20H,2-3,5-6,12-17H2,1H3,(H,25,26);1H. The molecular formula is C24H33IN4O3. The average Bonchev–Trinajstić information content (AvgIpc) is 3.52. The summed E-state index contributed by atoms with van der Waals surface area (Å²) < 4.78 is 11.3. The summed E-state index contributed by atoms with van der Waals surface area (Å²) in [7, 11) is 1.80. The maximum absolute atomic E-state index is 12.4. The summed E-state index contributed by atoms with van der Waals surface area (Å²) in [5, 5.41) is 3.46. The highest BCUT2D eigenvalue weighted by atomic mass is 127. The molecular weight excluding hydrogens is 519 g/mol. The number of benzene rings is 1. The number of hydrogen-bond acceptors (Lipinski definition) is 4. The number of guanidine groups is 1. The Kier molecular flexibility index (Phi) is 9.25. The zero-order chi connectivity index (χ0) is 21.5. The molecule has 32 heavy (non-hydrogen) atoms. The molecule has 2 heterocycles. The Bertz CT molecular complexity index is 856. The first-order valence-corrected chi connectivity index (χ1v) is 11.3. The van der Waals surface area contributed by atoms with Crippen LogP contribution in [0.5, 0.6) is 5.75 Å². The molecule has 1 N–H and O–H groups in total. The van der Waals surface area contributed by atoms with Gasteiger partial charge in [0.2, 0.25) is 0 Å². The van der Waals surface area contributed by atoms with Gasteiger partial charge in [0.15, 0.2) is 11.7 Å². The third-order valence-electron chi connectivity index (χ3n) is 6.04. The number of nitrogens with one attached hydrogen (secondary N) is 1. The van der Waals surface area contributed by atoms with Crippen molar-refractivity contribution in [3.05, 3.63) is 54.0 Å². The number of hydrogen-bond donors (Lipinski definition) is 1. The molecule has 0 spiro atoms. The summed E-state index contributed by atoms with van der Waals surface area (Å²) in [6.45, 7) is 3.62. The van der Waals surface area contributed by atoms with Crippen molar-refractivity contribution in [2.24, 2.45) is 4.99 Å². The van der Waals surface area contributed by atoms with Crippen LogP contribution in [0, 0.1) is 0 Å². The topological polar surface area (TPSA) is 70.3 Å². The van der Waals surface area contributed by atoms with Gasteiger partial charge in [0, 0.05) is 39.8 Å². The van der Waals surface area contributed by atoms with Crippen molar-refractivity contribution in [1.29, 1.82) is 0 Å². The lowest BCUT2D eigenvalue weighted by Gasteiger charge is -2.36. The molecule has 1 aliphatic carbocycles. The van der Waals surface area contributed by atoms with Gasteiger partial charge in [0.05, 0.1) is 12.4 Å². The average molecular weight is 552 g/mol. The molecule has 1 amide bonds. The van der Waals surface area contributed by atoms with E-state index in [4.69, 9.17) is 9.15 Å². The Morgan fingerprint density at radius 1 is 1.09 bits per heavy atom. The van der Waals surface area contributed by atoms with E-state index in [1.54, 1.807) is 19.2 Å². The number of rotatable bonds is 6. The molecule has 0 radical (unpaired) electrons. The molecule has 7 nitrogen and oxygen atoms in total. The summed E-state index contributed by atoms with van der Waals surface area (Å²) in [6.07, 6.45) is 7.76. The van der Waals surface area contributed by atoms with E-state index >= 15 is 0 Å². The van der Waals surface area contributed by atoms with Crippen molar-refractivity contribution in [3.63, 3.8) is 0 Å². The second-order valence-corrected chi connectivity index (χ2v) is 8.15. The molecule has 2 fully saturated rings.